The van der Waals surface area contributed by atoms with Gasteiger partial charge in [0.15, 0.2) is 0 Å². The van der Waals surface area contributed by atoms with Crippen molar-refractivity contribution in [2.45, 2.75) is 31.7 Å². The highest BCUT2D eigenvalue weighted by Gasteiger charge is 2.27. The molecule has 0 fully saturated rings. The molecule has 0 aromatic heterocycles. The van der Waals surface area contributed by atoms with Crippen molar-refractivity contribution in [3.63, 3.8) is 0 Å². The van der Waals surface area contributed by atoms with Crippen molar-refractivity contribution in [1.29, 1.82) is 0 Å². The van der Waals surface area contributed by atoms with Crippen LogP contribution in [0.15, 0.2) is 30.3 Å². The highest BCUT2D eigenvalue weighted by Crippen LogP contribution is 2.14. The minimum absolute atomic E-state index is 0.311. The number of unbranched alkanes of at least 4 members (excludes halogenated alkanes) is 1. The van der Waals surface area contributed by atoms with Crippen LogP contribution in [-0.2, 0) is 4.79 Å². The van der Waals surface area contributed by atoms with Crippen molar-refractivity contribution in [3.05, 3.63) is 30.3 Å². The summed E-state index contributed by atoms with van der Waals surface area (Å²) < 4.78 is 5.58. The van der Waals surface area contributed by atoms with Crippen molar-refractivity contribution in [1.82, 2.24) is 5.32 Å². The van der Waals surface area contributed by atoms with Gasteiger partial charge in [-0.3, -0.25) is 4.79 Å². The molecule has 0 bridgehead atoms. The number of rotatable bonds is 8. The third kappa shape index (κ3) is 4.37. The van der Waals surface area contributed by atoms with Crippen LogP contribution in [0.25, 0.3) is 0 Å². The molecule has 18 heavy (non-hydrogen) atoms. The predicted octanol–water partition coefficient (Wildman–Crippen LogP) is 1.70. The van der Waals surface area contributed by atoms with E-state index in [-0.39, 0.29) is 5.91 Å². The summed E-state index contributed by atoms with van der Waals surface area (Å²) in [7, 11) is 1.76. The fourth-order valence-corrected chi connectivity index (χ4v) is 1.66. The lowest BCUT2D eigenvalue weighted by atomic mass is 9.94. The minimum Gasteiger partial charge on any atom is -0.494 e. The van der Waals surface area contributed by atoms with Crippen LogP contribution in [0.2, 0.25) is 0 Å². The number of nitrogens with two attached hydrogens (primary N) is 1. The number of carbonyl (C=O) groups excluding carboxylic acids is 1. The standard InChI is InChI=1S/C14H22N2O2/c1-14(16-2,13(15)17)10-6-7-11-18-12-8-4-3-5-9-12/h3-5,8-9,16H,6-7,10-11H2,1-2H3,(H2,15,17). The number of amides is 1. The first-order valence-corrected chi connectivity index (χ1v) is 6.25. The molecule has 0 heterocycles. The Balaban J connectivity index is 2.21. The number of ether oxygens (including phenoxy) is 1. The first-order valence-electron chi connectivity index (χ1n) is 6.25. The van der Waals surface area contributed by atoms with Gasteiger partial charge >= 0.3 is 0 Å². The summed E-state index contributed by atoms with van der Waals surface area (Å²) in [4.78, 5) is 11.3. The molecule has 4 heteroatoms. The SMILES string of the molecule is CNC(C)(CCCCOc1ccccc1)C(N)=O. The Bertz CT molecular complexity index is 367. The zero-order valence-electron chi connectivity index (χ0n) is 11.1. The smallest absolute Gasteiger partial charge is 0.237 e. The molecular weight excluding hydrogens is 228 g/mol. The van der Waals surface area contributed by atoms with Crippen molar-refractivity contribution in [2.75, 3.05) is 13.7 Å². The van der Waals surface area contributed by atoms with Crippen molar-refractivity contribution < 1.29 is 9.53 Å². The van der Waals surface area contributed by atoms with E-state index >= 15 is 0 Å². The van der Waals surface area contributed by atoms with E-state index in [1.54, 1.807) is 7.05 Å². The van der Waals surface area contributed by atoms with Gasteiger partial charge in [0.05, 0.1) is 12.1 Å². The molecule has 1 unspecified atom stereocenters. The molecule has 0 aliphatic carbocycles. The third-order valence-electron chi connectivity index (χ3n) is 3.18. The number of para-hydroxylation sites is 1. The molecule has 4 nitrogen and oxygen atoms in total. The van der Waals surface area contributed by atoms with E-state index in [1.165, 1.54) is 0 Å². The Hall–Kier alpha value is -1.55. The zero-order chi connectivity index (χ0) is 13.4. The molecule has 0 saturated carbocycles. The van der Waals surface area contributed by atoms with Gasteiger partial charge in [0.2, 0.25) is 5.91 Å². The average Bonchev–Trinajstić information content (AvgIpc) is 2.39. The lowest BCUT2D eigenvalue weighted by molar-refractivity contribution is -0.123. The van der Waals surface area contributed by atoms with Crippen LogP contribution in [0, 0.1) is 0 Å². The van der Waals surface area contributed by atoms with E-state index in [0.29, 0.717) is 6.61 Å². The summed E-state index contributed by atoms with van der Waals surface area (Å²) in [5, 5.41) is 2.97. The molecule has 1 aromatic carbocycles. The molecule has 1 rings (SSSR count). The lowest BCUT2D eigenvalue weighted by Crippen LogP contribution is -2.51. The number of benzene rings is 1. The van der Waals surface area contributed by atoms with E-state index in [4.69, 9.17) is 10.5 Å². The molecular formula is C14H22N2O2. The van der Waals surface area contributed by atoms with Gasteiger partial charge in [-0.25, -0.2) is 0 Å². The van der Waals surface area contributed by atoms with Gasteiger partial charge in [-0.2, -0.15) is 0 Å². The maximum absolute atomic E-state index is 11.3. The summed E-state index contributed by atoms with van der Waals surface area (Å²) in [5.74, 6) is 0.567. The molecule has 0 aliphatic heterocycles. The molecule has 0 spiro atoms. The normalized spacial score (nSPS) is 13.9. The molecule has 0 aliphatic rings. The van der Waals surface area contributed by atoms with Crippen LogP contribution in [-0.4, -0.2) is 25.1 Å². The maximum atomic E-state index is 11.3. The van der Waals surface area contributed by atoms with Crippen LogP contribution in [0.1, 0.15) is 26.2 Å². The fraction of sp³-hybridized carbons (Fsp3) is 0.500. The van der Waals surface area contributed by atoms with Gasteiger partial charge < -0.3 is 15.8 Å². The van der Waals surface area contributed by atoms with Gasteiger partial charge in [-0.1, -0.05) is 18.2 Å². The number of hydrogen-bond acceptors (Lipinski definition) is 3. The molecule has 1 amide bonds. The Labute approximate surface area is 109 Å². The first kappa shape index (κ1) is 14.5. The highest BCUT2D eigenvalue weighted by atomic mass is 16.5. The van der Waals surface area contributed by atoms with Crippen molar-refractivity contribution in [3.8, 4) is 5.75 Å². The summed E-state index contributed by atoms with van der Waals surface area (Å²) >= 11 is 0. The average molecular weight is 250 g/mol. The zero-order valence-corrected chi connectivity index (χ0v) is 11.1. The fourth-order valence-electron chi connectivity index (χ4n) is 1.66. The Morgan fingerprint density at radius 3 is 2.56 bits per heavy atom. The number of hydrogen-bond donors (Lipinski definition) is 2. The number of likely N-dealkylation sites (N-methyl/N-ethyl adjacent to an activating group) is 1. The van der Waals surface area contributed by atoms with Crippen LogP contribution >= 0.6 is 0 Å². The summed E-state index contributed by atoms with van der Waals surface area (Å²) in [6, 6.07) is 9.71. The molecule has 100 valence electrons. The number of primary amides is 1. The highest BCUT2D eigenvalue weighted by molar-refractivity contribution is 5.84. The molecule has 0 radical (unpaired) electrons. The third-order valence-corrected chi connectivity index (χ3v) is 3.18. The molecule has 1 atom stereocenters. The van der Waals surface area contributed by atoms with Crippen LogP contribution in [0.4, 0.5) is 0 Å². The summed E-state index contributed by atoms with van der Waals surface area (Å²) in [5.41, 5.74) is 4.74. The Morgan fingerprint density at radius 2 is 2.00 bits per heavy atom. The summed E-state index contributed by atoms with van der Waals surface area (Å²) in [6.07, 6.45) is 2.52. The predicted molar refractivity (Wildman–Crippen MR) is 72.4 cm³/mol. The number of carbonyl (C=O) groups is 1. The van der Waals surface area contributed by atoms with E-state index in [1.807, 2.05) is 37.3 Å². The molecule has 1 aromatic rings. The Kier molecular flexibility index (Phi) is 5.65. The van der Waals surface area contributed by atoms with E-state index < -0.39 is 5.54 Å². The quantitative estimate of drug-likeness (QED) is 0.690. The minimum atomic E-state index is -0.618. The molecule has 3 N–H and O–H groups in total. The van der Waals surface area contributed by atoms with Crippen molar-refractivity contribution >= 4 is 5.91 Å². The van der Waals surface area contributed by atoms with Gasteiger partial charge in [0.1, 0.15) is 5.75 Å². The monoisotopic (exact) mass is 250 g/mol. The summed E-state index contributed by atoms with van der Waals surface area (Å²) in [6.45, 7) is 2.48. The van der Waals surface area contributed by atoms with E-state index in [9.17, 15) is 4.79 Å². The largest absolute Gasteiger partial charge is 0.494 e. The van der Waals surface area contributed by atoms with Crippen LogP contribution < -0.4 is 15.8 Å². The van der Waals surface area contributed by atoms with Gasteiger partial charge in [0.25, 0.3) is 0 Å². The topological polar surface area (TPSA) is 64.3 Å². The first-order chi connectivity index (χ1) is 8.58. The maximum Gasteiger partial charge on any atom is 0.237 e. The second-order valence-corrected chi connectivity index (χ2v) is 4.56. The van der Waals surface area contributed by atoms with Crippen LogP contribution in [0.5, 0.6) is 5.75 Å². The Morgan fingerprint density at radius 1 is 1.33 bits per heavy atom. The van der Waals surface area contributed by atoms with Crippen LogP contribution in [0.3, 0.4) is 0 Å². The van der Waals surface area contributed by atoms with Gasteiger partial charge in [-0.05, 0) is 45.4 Å². The lowest BCUT2D eigenvalue weighted by Gasteiger charge is -2.25. The number of nitrogens with one attached hydrogen (secondary N) is 1. The molecule has 0 saturated heterocycles. The van der Waals surface area contributed by atoms with Gasteiger partial charge in [-0.15, -0.1) is 0 Å². The second kappa shape index (κ2) is 7.01. The van der Waals surface area contributed by atoms with E-state index in [2.05, 4.69) is 5.32 Å². The van der Waals surface area contributed by atoms with Gasteiger partial charge in [0, 0.05) is 0 Å². The second-order valence-electron chi connectivity index (χ2n) is 4.56. The van der Waals surface area contributed by atoms with Crippen molar-refractivity contribution in [2.24, 2.45) is 5.73 Å². The van der Waals surface area contributed by atoms with E-state index in [0.717, 1.165) is 25.0 Å².